The largest absolute Gasteiger partial charge is 0.401 e. The molecule has 0 unspecified atom stereocenters. The number of hydrogen-bond acceptors (Lipinski definition) is 2. The second-order valence-corrected chi connectivity index (χ2v) is 3.27. The SMILES string of the molecule is CC(=O)/C(Br)=C(\N)C(C)C. The van der Waals surface area contributed by atoms with E-state index in [4.69, 9.17) is 5.73 Å². The summed E-state index contributed by atoms with van der Waals surface area (Å²) in [4.78, 5) is 10.7. The lowest BCUT2D eigenvalue weighted by atomic mass is 10.1. The molecule has 0 spiro atoms. The first-order valence-corrected chi connectivity index (χ1v) is 3.92. The Kier molecular flexibility index (Phi) is 3.64. The molecule has 0 aliphatic carbocycles. The first-order chi connectivity index (χ1) is 4.46. The Balaban J connectivity index is 4.50. The average Bonchev–Trinajstić information content (AvgIpc) is 1.84. The van der Waals surface area contributed by atoms with Crippen molar-refractivity contribution in [3.8, 4) is 0 Å². The summed E-state index contributed by atoms with van der Waals surface area (Å²) in [5.41, 5.74) is 6.19. The predicted molar refractivity (Wildman–Crippen MR) is 45.7 cm³/mol. The lowest BCUT2D eigenvalue weighted by Crippen LogP contribution is -2.10. The zero-order valence-corrected chi connectivity index (χ0v) is 8.03. The van der Waals surface area contributed by atoms with Crippen molar-refractivity contribution in [2.45, 2.75) is 20.8 Å². The molecule has 0 amide bonds. The van der Waals surface area contributed by atoms with Crippen molar-refractivity contribution in [2.75, 3.05) is 0 Å². The molecule has 2 nitrogen and oxygen atoms in total. The van der Waals surface area contributed by atoms with Gasteiger partial charge in [0.1, 0.15) is 0 Å². The minimum absolute atomic E-state index is 0.0220. The van der Waals surface area contributed by atoms with E-state index in [0.717, 1.165) is 0 Å². The number of ketones is 1. The van der Waals surface area contributed by atoms with Crippen LogP contribution < -0.4 is 5.73 Å². The van der Waals surface area contributed by atoms with Crippen molar-refractivity contribution in [1.29, 1.82) is 0 Å². The molecule has 10 heavy (non-hydrogen) atoms. The predicted octanol–water partition coefficient (Wildman–Crippen LogP) is 1.80. The molecular weight excluding hydrogens is 194 g/mol. The van der Waals surface area contributed by atoms with Crippen LogP contribution in [0.25, 0.3) is 0 Å². The molecule has 58 valence electrons. The summed E-state index contributed by atoms with van der Waals surface area (Å²) in [5, 5.41) is 0. The molecule has 3 heteroatoms. The van der Waals surface area contributed by atoms with Crippen LogP contribution in [0.5, 0.6) is 0 Å². The molecule has 0 aliphatic rings. The van der Waals surface area contributed by atoms with Crippen molar-refractivity contribution in [1.82, 2.24) is 0 Å². The number of hydrogen-bond donors (Lipinski definition) is 1. The molecular formula is C7H12BrNO. The number of carbonyl (C=O) groups is 1. The van der Waals surface area contributed by atoms with Crippen LogP contribution in [0.15, 0.2) is 10.2 Å². The van der Waals surface area contributed by atoms with Gasteiger partial charge in [0.25, 0.3) is 0 Å². The van der Waals surface area contributed by atoms with Crippen LogP contribution in [-0.4, -0.2) is 5.78 Å². The van der Waals surface area contributed by atoms with E-state index in [-0.39, 0.29) is 11.7 Å². The number of rotatable bonds is 2. The maximum atomic E-state index is 10.7. The van der Waals surface area contributed by atoms with Gasteiger partial charge in [0.05, 0.1) is 4.48 Å². The minimum Gasteiger partial charge on any atom is -0.401 e. The topological polar surface area (TPSA) is 43.1 Å². The van der Waals surface area contributed by atoms with Crippen molar-refractivity contribution >= 4 is 21.7 Å². The fourth-order valence-electron chi connectivity index (χ4n) is 0.457. The van der Waals surface area contributed by atoms with Crippen LogP contribution in [0.3, 0.4) is 0 Å². The molecule has 0 aromatic rings. The van der Waals surface area contributed by atoms with E-state index in [1.54, 1.807) is 0 Å². The average molecular weight is 206 g/mol. The highest BCUT2D eigenvalue weighted by Crippen LogP contribution is 2.15. The Morgan fingerprint density at radius 1 is 1.50 bits per heavy atom. The van der Waals surface area contributed by atoms with Crippen molar-refractivity contribution in [3.63, 3.8) is 0 Å². The van der Waals surface area contributed by atoms with Gasteiger partial charge < -0.3 is 5.73 Å². The summed E-state index contributed by atoms with van der Waals surface area (Å²) in [5.74, 6) is 0.199. The zero-order valence-electron chi connectivity index (χ0n) is 6.44. The molecule has 0 fully saturated rings. The zero-order chi connectivity index (χ0) is 8.31. The van der Waals surface area contributed by atoms with E-state index < -0.39 is 0 Å². The van der Waals surface area contributed by atoms with E-state index in [9.17, 15) is 4.79 Å². The van der Waals surface area contributed by atoms with E-state index in [0.29, 0.717) is 10.2 Å². The van der Waals surface area contributed by atoms with Gasteiger partial charge in [0.2, 0.25) is 0 Å². The quantitative estimate of drug-likeness (QED) is 0.700. The molecule has 0 aromatic carbocycles. The molecule has 0 bridgehead atoms. The van der Waals surface area contributed by atoms with Gasteiger partial charge >= 0.3 is 0 Å². The molecule has 0 rings (SSSR count). The Morgan fingerprint density at radius 2 is 1.90 bits per heavy atom. The van der Waals surface area contributed by atoms with Gasteiger partial charge in [-0.15, -0.1) is 0 Å². The van der Waals surface area contributed by atoms with Gasteiger partial charge in [0.15, 0.2) is 5.78 Å². The third kappa shape index (κ3) is 2.52. The smallest absolute Gasteiger partial charge is 0.168 e. The number of halogens is 1. The fourth-order valence-corrected chi connectivity index (χ4v) is 0.915. The summed E-state index contributed by atoms with van der Waals surface area (Å²) in [6.07, 6.45) is 0. The first kappa shape index (κ1) is 9.69. The van der Waals surface area contributed by atoms with Gasteiger partial charge in [-0.05, 0) is 28.8 Å². The van der Waals surface area contributed by atoms with Crippen LogP contribution in [0.2, 0.25) is 0 Å². The summed E-state index contributed by atoms with van der Waals surface area (Å²) in [7, 11) is 0. The van der Waals surface area contributed by atoms with Gasteiger partial charge in [-0.25, -0.2) is 0 Å². The van der Waals surface area contributed by atoms with Crippen LogP contribution in [0.1, 0.15) is 20.8 Å². The maximum absolute atomic E-state index is 10.7. The monoisotopic (exact) mass is 205 g/mol. The highest BCUT2D eigenvalue weighted by Gasteiger charge is 2.07. The Hall–Kier alpha value is -0.310. The number of Topliss-reactive ketones (excluding diaryl/α,β-unsaturated/α-hetero) is 1. The van der Waals surface area contributed by atoms with Crippen LogP contribution in [-0.2, 0) is 4.79 Å². The van der Waals surface area contributed by atoms with Gasteiger partial charge in [-0.1, -0.05) is 13.8 Å². The molecule has 0 saturated heterocycles. The van der Waals surface area contributed by atoms with E-state index in [2.05, 4.69) is 15.9 Å². The Bertz CT molecular complexity index is 172. The second-order valence-electron chi connectivity index (χ2n) is 2.48. The molecule has 0 aromatic heterocycles. The molecule has 0 atom stereocenters. The third-order valence-corrected chi connectivity index (χ3v) is 2.20. The first-order valence-electron chi connectivity index (χ1n) is 3.13. The summed E-state index contributed by atoms with van der Waals surface area (Å²) >= 11 is 3.11. The van der Waals surface area contributed by atoms with Crippen LogP contribution in [0.4, 0.5) is 0 Å². The van der Waals surface area contributed by atoms with Gasteiger partial charge in [0, 0.05) is 5.70 Å². The van der Waals surface area contributed by atoms with Crippen LogP contribution >= 0.6 is 15.9 Å². The highest BCUT2D eigenvalue weighted by molar-refractivity contribution is 9.12. The van der Waals surface area contributed by atoms with E-state index >= 15 is 0 Å². The minimum atomic E-state index is -0.0220. The van der Waals surface area contributed by atoms with Gasteiger partial charge in [-0.3, -0.25) is 4.79 Å². The summed E-state index contributed by atoms with van der Waals surface area (Å²) < 4.78 is 0.502. The lowest BCUT2D eigenvalue weighted by Gasteiger charge is -2.05. The third-order valence-electron chi connectivity index (χ3n) is 1.18. The second kappa shape index (κ2) is 3.76. The summed E-state index contributed by atoms with van der Waals surface area (Å²) in [6.45, 7) is 5.37. The van der Waals surface area contributed by atoms with Gasteiger partial charge in [-0.2, -0.15) is 0 Å². The maximum Gasteiger partial charge on any atom is 0.168 e. The Labute approximate surface area is 69.6 Å². The van der Waals surface area contributed by atoms with E-state index in [1.807, 2.05) is 13.8 Å². The standard InChI is InChI=1S/C7H12BrNO/c1-4(2)7(9)6(8)5(3)10/h4H,9H2,1-3H3/b7-6+. The van der Waals surface area contributed by atoms with Crippen LogP contribution in [0, 0.1) is 5.92 Å². The lowest BCUT2D eigenvalue weighted by molar-refractivity contribution is -0.112. The number of nitrogens with two attached hydrogens (primary N) is 1. The van der Waals surface area contributed by atoms with Crippen molar-refractivity contribution in [2.24, 2.45) is 11.7 Å². The fraction of sp³-hybridized carbons (Fsp3) is 0.571. The highest BCUT2D eigenvalue weighted by atomic mass is 79.9. The molecule has 0 saturated carbocycles. The van der Waals surface area contributed by atoms with E-state index in [1.165, 1.54) is 6.92 Å². The van der Waals surface area contributed by atoms with Crippen molar-refractivity contribution < 1.29 is 4.79 Å². The molecule has 2 N–H and O–H groups in total. The molecule has 0 radical (unpaired) electrons. The number of carbonyl (C=O) groups excluding carboxylic acids is 1. The molecule has 0 heterocycles. The Morgan fingerprint density at radius 3 is 2.00 bits per heavy atom. The number of allylic oxidation sites excluding steroid dienone is 2. The normalized spacial score (nSPS) is 13.3. The molecule has 0 aliphatic heterocycles. The summed E-state index contributed by atoms with van der Waals surface area (Å²) in [6, 6.07) is 0. The van der Waals surface area contributed by atoms with Crippen molar-refractivity contribution in [3.05, 3.63) is 10.2 Å².